The van der Waals surface area contributed by atoms with E-state index in [4.69, 9.17) is 20.6 Å². The molecule has 0 spiro atoms. The topological polar surface area (TPSA) is 157 Å². The summed E-state index contributed by atoms with van der Waals surface area (Å²) in [5.41, 5.74) is 6.98. The van der Waals surface area contributed by atoms with Crippen LogP contribution in [0.5, 0.6) is 0 Å². The smallest absolute Gasteiger partial charge is 0.360 e. The number of hydrogen-bond donors (Lipinski definition) is 4. The Labute approximate surface area is 210 Å². The summed E-state index contributed by atoms with van der Waals surface area (Å²) >= 11 is 0. The molecular weight excluding hydrogens is 462 g/mol. The molecule has 1 amide bonds. The van der Waals surface area contributed by atoms with Crippen molar-refractivity contribution in [2.24, 2.45) is 5.73 Å². The molecule has 0 aliphatic carbocycles. The molecule has 2 aromatic heterocycles. The van der Waals surface area contributed by atoms with Crippen molar-refractivity contribution in [2.45, 2.75) is 44.6 Å². The number of allylic oxidation sites excluding steroid dienone is 1. The third-order valence-corrected chi connectivity index (χ3v) is 5.89. The van der Waals surface area contributed by atoms with Gasteiger partial charge in [-0.05, 0) is 44.4 Å². The lowest BCUT2D eigenvalue weighted by molar-refractivity contribution is 0.0583. The summed E-state index contributed by atoms with van der Waals surface area (Å²) in [6.45, 7) is 2.71. The van der Waals surface area contributed by atoms with Crippen LogP contribution in [-0.2, 0) is 9.47 Å². The van der Waals surface area contributed by atoms with E-state index in [-0.39, 0.29) is 23.1 Å². The van der Waals surface area contributed by atoms with Crippen LogP contribution in [0, 0.1) is 5.41 Å². The molecule has 1 aliphatic rings. The summed E-state index contributed by atoms with van der Waals surface area (Å²) in [6.07, 6.45) is 10.3. The van der Waals surface area contributed by atoms with Gasteiger partial charge in [-0.1, -0.05) is 18.9 Å². The summed E-state index contributed by atoms with van der Waals surface area (Å²) in [6, 6.07) is 5.09. The van der Waals surface area contributed by atoms with Gasteiger partial charge in [0.05, 0.1) is 24.5 Å². The number of rotatable bonds is 13. The Kier molecular flexibility index (Phi) is 10.6. The maximum Gasteiger partial charge on any atom is 0.360 e. The number of carbonyl (C=O) groups excluding carboxylic acids is 2. The van der Waals surface area contributed by atoms with Crippen LogP contribution in [0.3, 0.4) is 0 Å². The minimum atomic E-state index is -0.638. The molecule has 1 fully saturated rings. The molecule has 0 saturated carbocycles. The molecule has 1 aliphatic heterocycles. The van der Waals surface area contributed by atoms with E-state index in [2.05, 4.69) is 20.7 Å². The van der Waals surface area contributed by atoms with Crippen molar-refractivity contribution in [3.63, 3.8) is 0 Å². The Morgan fingerprint density at radius 2 is 1.97 bits per heavy atom. The van der Waals surface area contributed by atoms with Crippen LogP contribution >= 0.6 is 0 Å². The van der Waals surface area contributed by atoms with E-state index >= 15 is 0 Å². The maximum absolute atomic E-state index is 13.0. The monoisotopic (exact) mass is 497 g/mol. The minimum absolute atomic E-state index is 0.0317. The van der Waals surface area contributed by atoms with Crippen LogP contribution in [-0.4, -0.2) is 66.3 Å². The lowest BCUT2D eigenvalue weighted by atomic mass is 10.1. The van der Waals surface area contributed by atoms with Crippen LogP contribution in [0.4, 0.5) is 5.69 Å². The fraction of sp³-hybridized carbons (Fsp3) is 0.480. The summed E-state index contributed by atoms with van der Waals surface area (Å²) in [5, 5.41) is 18.1. The molecule has 3 rings (SSSR count). The van der Waals surface area contributed by atoms with Crippen LogP contribution in [0.25, 0.3) is 5.57 Å². The lowest BCUT2D eigenvalue weighted by Crippen LogP contribution is -2.20. The van der Waals surface area contributed by atoms with Gasteiger partial charge in [-0.25, -0.2) is 9.78 Å². The van der Waals surface area contributed by atoms with Gasteiger partial charge < -0.3 is 31.3 Å². The summed E-state index contributed by atoms with van der Waals surface area (Å²) in [4.78, 5) is 29.7. The number of anilines is 1. The second-order valence-corrected chi connectivity index (χ2v) is 8.47. The molecular formula is C25H35N7O4. The van der Waals surface area contributed by atoms with E-state index in [1.807, 2.05) is 0 Å². The summed E-state index contributed by atoms with van der Waals surface area (Å²) < 4.78 is 11.9. The average Bonchev–Trinajstić information content (AvgIpc) is 3.34. The Bertz CT molecular complexity index is 1060. The predicted molar refractivity (Wildman–Crippen MR) is 137 cm³/mol. The van der Waals surface area contributed by atoms with Gasteiger partial charge in [-0.2, -0.15) is 5.10 Å². The van der Waals surface area contributed by atoms with Crippen LogP contribution < -0.4 is 16.4 Å². The number of pyridine rings is 1. The predicted octanol–water partition coefficient (Wildman–Crippen LogP) is 2.77. The van der Waals surface area contributed by atoms with Gasteiger partial charge in [0.2, 0.25) is 0 Å². The average molecular weight is 498 g/mol. The molecule has 11 heteroatoms. The van der Waals surface area contributed by atoms with Gasteiger partial charge in [-0.15, -0.1) is 0 Å². The molecule has 194 valence electrons. The fourth-order valence-electron chi connectivity index (χ4n) is 3.87. The number of nitrogens with zero attached hydrogens (tertiary/aromatic N) is 3. The molecule has 1 saturated heterocycles. The van der Waals surface area contributed by atoms with Crippen molar-refractivity contribution in [3.8, 4) is 0 Å². The third-order valence-electron chi connectivity index (χ3n) is 5.89. The number of carbonyl (C=O) groups is 2. The van der Waals surface area contributed by atoms with Crippen LogP contribution in [0.15, 0.2) is 30.6 Å². The quantitative estimate of drug-likeness (QED) is 0.187. The number of hydrogen-bond acceptors (Lipinski definition) is 9. The number of aromatic nitrogens is 3. The molecule has 36 heavy (non-hydrogen) atoms. The van der Waals surface area contributed by atoms with E-state index in [1.165, 1.54) is 13.3 Å². The first-order chi connectivity index (χ1) is 17.6. The third kappa shape index (κ3) is 7.46. The van der Waals surface area contributed by atoms with Crippen molar-refractivity contribution < 1.29 is 19.1 Å². The van der Waals surface area contributed by atoms with Crippen molar-refractivity contribution in [1.29, 1.82) is 5.41 Å². The largest absolute Gasteiger partial charge is 0.464 e. The number of amides is 1. The zero-order chi connectivity index (χ0) is 25.8. The van der Waals surface area contributed by atoms with Crippen LogP contribution in [0.2, 0.25) is 0 Å². The van der Waals surface area contributed by atoms with Gasteiger partial charge in [0.15, 0.2) is 5.69 Å². The number of ether oxygens (including phenoxy) is 2. The van der Waals surface area contributed by atoms with Crippen molar-refractivity contribution >= 4 is 29.4 Å². The number of esters is 1. The molecule has 0 unspecified atom stereocenters. The normalized spacial score (nSPS) is 14.3. The highest BCUT2D eigenvalue weighted by molar-refractivity contribution is 6.09. The van der Waals surface area contributed by atoms with Crippen LogP contribution in [0.1, 0.15) is 71.2 Å². The van der Waals surface area contributed by atoms with E-state index in [9.17, 15) is 9.59 Å². The summed E-state index contributed by atoms with van der Waals surface area (Å²) in [7, 11) is 1.27. The molecule has 0 radical (unpaired) electrons. The Morgan fingerprint density at radius 3 is 2.69 bits per heavy atom. The first-order valence-corrected chi connectivity index (χ1v) is 12.3. The summed E-state index contributed by atoms with van der Waals surface area (Å²) in [5.74, 6) is -1.13. The van der Waals surface area contributed by atoms with Gasteiger partial charge in [0.25, 0.3) is 5.91 Å². The zero-order valence-electron chi connectivity index (χ0n) is 20.7. The molecule has 2 aromatic rings. The maximum atomic E-state index is 13.0. The number of nitrogens with two attached hydrogens (primary N) is 1. The number of unbranched alkanes of at least 4 members (excludes halogenated alkanes) is 3. The Morgan fingerprint density at radius 1 is 1.22 bits per heavy atom. The Balaban J connectivity index is 1.70. The van der Waals surface area contributed by atoms with E-state index in [1.54, 1.807) is 35.3 Å². The standard InChI is InChI=1S/C25H35N7O4/c1-35-25(34)23-22(17-32(31-23)19-9-13-36-14-10-19)30-24(33)21-8-6-7-20(29-21)18(15-27)16-28-12-5-3-2-4-11-26/h6-8,15-17,19,27-28H,2-5,9-14,26H2,1H3,(H,30,33)/b18-16+,27-15?. The first-order valence-electron chi connectivity index (χ1n) is 12.3. The molecule has 0 bridgehead atoms. The van der Waals surface area contributed by atoms with Crippen molar-refractivity contribution in [2.75, 3.05) is 38.7 Å². The number of methoxy groups -OCH3 is 1. The van der Waals surface area contributed by atoms with Crippen molar-refractivity contribution in [1.82, 2.24) is 20.1 Å². The minimum Gasteiger partial charge on any atom is -0.464 e. The highest BCUT2D eigenvalue weighted by atomic mass is 16.5. The molecule has 3 heterocycles. The number of nitrogens with one attached hydrogen (secondary N) is 3. The zero-order valence-corrected chi connectivity index (χ0v) is 20.7. The van der Waals surface area contributed by atoms with Gasteiger partial charge in [0.1, 0.15) is 5.69 Å². The lowest BCUT2D eigenvalue weighted by Gasteiger charge is -2.22. The highest BCUT2D eigenvalue weighted by Gasteiger charge is 2.24. The molecule has 0 aromatic carbocycles. The molecule has 5 N–H and O–H groups in total. The second kappa shape index (κ2) is 14.1. The van der Waals surface area contributed by atoms with E-state index < -0.39 is 11.9 Å². The SMILES string of the molecule is COC(=O)c1nn(C2CCOCC2)cc1NC(=O)c1cccc(/C(C=N)=C/NCCCCCCN)n1. The van der Waals surface area contributed by atoms with Gasteiger partial charge >= 0.3 is 5.97 Å². The Hall–Kier alpha value is -3.57. The van der Waals surface area contributed by atoms with Gasteiger partial charge in [-0.3, -0.25) is 9.48 Å². The fourth-order valence-corrected chi connectivity index (χ4v) is 3.87. The molecule has 11 nitrogen and oxygen atoms in total. The van der Waals surface area contributed by atoms with E-state index in [0.29, 0.717) is 31.0 Å². The van der Waals surface area contributed by atoms with Crippen molar-refractivity contribution in [3.05, 3.63) is 47.7 Å². The molecule has 0 atom stereocenters. The van der Waals surface area contributed by atoms with E-state index in [0.717, 1.165) is 45.1 Å². The van der Waals surface area contributed by atoms with Gasteiger partial charge in [0, 0.05) is 43.9 Å². The second-order valence-electron chi connectivity index (χ2n) is 8.47. The first kappa shape index (κ1) is 27.0. The highest BCUT2D eigenvalue weighted by Crippen LogP contribution is 2.25.